The van der Waals surface area contributed by atoms with E-state index in [1.54, 1.807) is 4.90 Å². The molecule has 2 aliphatic rings. The van der Waals surface area contributed by atoms with Gasteiger partial charge in [-0.05, 0) is 50.8 Å². The topological polar surface area (TPSA) is 77.5 Å². The maximum Gasteiger partial charge on any atom is 0.409 e. The molecule has 8 heteroatoms. The van der Waals surface area contributed by atoms with Crippen LogP contribution in [0, 0.1) is 0 Å². The van der Waals surface area contributed by atoms with Gasteiger partial charge >= 0.3 is 6.09 Å². The van der Waals surface area contributed by atoms with E-state index in [-0.39, 0.29) is 12.0 Å². The van der Waals surface area contributed by atoms with Gasteiger partial charge in [0.2, 0.25) is 0 Å². The summed E-state index contributed by atoms with van der Waals surface area (Å²) < 4.78 is 5.09. The number of nitrogens with one attached hydrogen (secondary N) is 1. The second-order valence-corrected chi connectivity index (χ2v) is 7.89. The fourth-order valence-electron chi connectivity index (χ4n) is 3.94. The van der Waals surface area contributed by atoms with E-state index in [9.17, 15) is 9.59 Å². The van der Waals surface area contributed by atoms with Crippen LogP contribution < -0.4 is 5.32 Å². The first-order chi connectivity index (χ1) is 15.1. The predicted molar refractivity (Wildman–Crippen MR) is 121 cm³/mol. The largest absolute Gasteiger partial charge is 0.450 e. The summed E-state index contributed by atoms with van der Waals surface area (Å²) >= 11 is 0. The Morgan fingerprint density at radius 1 is 0.903 bits per heavy atom. The number of piperidine rings is 1. The number of benzene rings is 1. The summed E-state index contributed by atoms with van der Waals surface area (Å²) in [6, 6.07) is 7.80. The maximum atomic E-state index is 12.6. The van der Waals surface area contributed by atoms with Crippen molar-refractivity contribution in [2.75, 3.05) is 52.4 Å². The van der Waals surface area contributed by atoms with Crippen molar-refractivity contribution in [3.05, 3.63) is 35.4 Å². The molecule has 2 saturated heterocycles. The van der Waals surface area contributed by atoms with Gasteiger partial charge in [-0.15, -0.1) is 0 Å². The zero-order chi connectivity index (χ0) is 22.1. The van der Waals surface area contributed by atoms with Crippen molar-refractivity contribution in [3.8, 4) is 0 Å². The minimum atomic E-state index is -0.247. The highest BCUT2D eigenvalue weighted by atomic mass is 16.6. The third-order valence-corrected chi connectivity index (χ3v) is 5.70. The minimum absolute atomic E-state index is 0.127. The van der Waals surface area contributed by atoms with E-state index in [0.717, 1.165) is 49.6 Å². The summed E-state index contributed by atoms with van der Waals surface area (Å²) in [4.78, 5) is 35.2. The SMILES string of the molecule is CCNC(=NCc1ccc(C(=O)N2CCCCC2)cc1)N1CCN(C(=O)OCC)CC1. The van der Waals surface area contributed by atoms with Crippen molar-refractivity contribution < 1.29 is 14.3 Å². The lowest BCUT2D eigenvalue weighted by atomic mass is 10.1. The Hall–Kier alpha value is -2.77. The third-order valence-electron chi connectivity index (χ3n) is 5.70. The Kier molecular flexibility index (Phi) is 8.55. The Balaban J connectivity index is 1.56. The molecule has 2 fully saturated rings. The van der Waals surface area contributed by atoms with Crippen LogP contribution in [0.5, 0.6) is 0 Å². The van der Waals surface area contributed by atoms with Crippen LogP contribution in [0.15, 0.2) is 29.3 Å². The average molecular weight is 430 g/mol. The number of carbonyl (C=O) groups is 2. The van der Waals surface area contributed by atoms with E-state index < -0.39 is 0 Å². The van der Waals surface area contributed by atoms with Crippen LogP contribution in [-0.2, 0) is 11.3 Å². The number of ether oxygens (including phenoxy) is 1. The first kappa shape index (κ1) is 22.9. The average Bonchev–Trinajstić information content (AvgIpc) is 2.82. The van der Waals surface area contributed by atoms with Crippen molar-refractivity contribution in [2.45, 2.75) is 39.7 Å². The number of hydrogen-bond acceptors (Lipinski definition) is 4. The lowest BCUT2D eigenvalue weighted by Gasteiger charge is -2.35. The molecule has 0 aromatic heterocycles. The number of piperazine rings is 1. The van der Waals surface area contributed by atoms with Gasteiger partial charge in [-0.25, -0.2) is 9.79 Å². The van der Waals surface area contributed by atoms with Gasteiger partial charge in [-0.1, -0.05) is 12.1 Å². The Morgan fingerprint density at radius 3 is 2.16 bits per heavy atom. The molecular formula is C23H35N5O3. The van der Waals surface area contributed by atoms with Gasteiger partial charge in [0.25, 0.3) is 5.91 Å². The number of hydrogen-bond donors (Lipinski definition) is 1. The van der Waals surface area contributed by atoms with Gasteiger partial charge < -0.3 is 24.8 Å². The molecule has 0 atom stereocenters. The number of carbonyl (C=O) groups excluding carboxylic acids is 2. The van der Waals surface area contributed by atoms with Crippen LogP contribution in [0.25, 0.3) is 0 Å². The highest BCUT2D eigenvalue weighted by Gasteiger charge is 2.23. The summed E-state index contributed by atoms with van der Waals surface area (Å²) in [5, 5.41) is 3.34. The molecule has 8 nitrogen and oxygen atoms in total. The summed E-state index contributed by atoms with van der Waals surface area (Å²) in [7, 11) is 0. The van der Waals surface area contributed by atoms with E-state index in [1.807, 2.05) is 43.0 Å². The zero-order valence-electron chi connectivity index (χ0n) is 18.8. The quantitative estimate of drug-likeness (QED) is 0.575. The van der Waals surface area contributed by atoms with E-state index in [2.05, 4.69) is 10.2 Å². The molecular weight excluding hydrogens is 394 g/mol. The summed E-state index contributed by atoms with van der Waals surface area (Å²) in [5.41, 5.74) is 1.81. The second-order valence-electron chi connectivity index (χ2n) is 7.89. The molecule has 0 saturated carbocycles. The fraction of sp³-hybridized carbons (Fsp3) is 0.609. The first-order valence-electron chi connectivity index (χ1n) is 11.5. The third kappa shape index (κ3) is 6.35. The van der Waals surface area contributed by atoms with Gasteiger partial charge in [0.15, 0.2) is 5.96 Å². The van der Waals surface area contributed by atoms with E-state index in [0.29, 0.717) is 39.3 Å². The van der Waals surface area contributed by atoms with Crippen LogP contribution in [0.3, 0.4) is 0 Å². The molecule has 0 unspecified atom stereocenters. The number of rotatable bonds is 5. The Morgan fingerprint density at radius 2 is 1.55 bits per heavy atom. The molecule has 1 N–H and O–H groups in total. The van der Waals surface area contributed by atoms with Crippen LogP contribution >= 0.6 is 0 Å². The van der Waals surface area contributed by atoms with Gasteiger partial charge in [0.05, 0.1) is 13.2 Å². The number of aliphatic imine (C=N–C) groups is 1. The maximum absolute atomic E-state index is 12.6. The standard InChI is InChI=1S/C23H35N5O3/c1-3-24-22(27-14-16-28(17-15-27)23(30)31-4-2)25-18-19-8-10-20(11-9-19)21(29)26-12-6-5-7-13-26/h8-11H,3-7,12-18H2,1-2H3,(H,24,25). The van der Waals surface area contributed by atoms with Crippen LogP contribution in [-0.4, -0.2) is 85.1 Å². The van der Waals surface area contributed by atoms with Gasteiger partial charge in [-0.2, -0.15) is 0 Å². The molecule has 1 aromatic carbocycles. The summed E-state index contributed by atoms with van der Waals surface area (Å²) in [6.07, 6.45) is 3.16. The van der Waals surface area contributed by atoms with E-state index in [4.69, 9.17) is 9.73 Å². The zero-order valence-corrected chi connectivity index (χ0v) is 18.8. The van der Waals surface area contributed by atoms with E-state index >= 15 is 0 Å². The first-order valence-corrected chi connectivity index (χ1v) is 11.5. The smallest absolute Gasteiger partial charge is 0.409 e. The highest BCUT2D eigenvalue weighted by molar-refractivity contribution is 5.94. The molecule has 0 radical (unpaired) electrons. The Bertz CT molecular complexity index is 751. The molecule has 2 heterocycles. The molecule has 2 amide bonds. The van der Waals surface area contributed by atoms with Crippen molar-refractivity contribution in [3.63, 3.8) is 0 Å². The number of likely N-dealkylation sites (tertiary alicyclic amines) is 1. The molecule has 3 rings (SSSR count). The number of nitrogens with zero attached hydrogens (tertiary/aromatic N) is 4. The Labute approximate surface area is 185 Å². The van der Waals surface area contributed by atoms with E-state index in [1.165, 1.54) is 6.42 Å². The monoisotopic (exact) mass is 429 g/mol. The molecule has 2 aliphatic heterocycles. The molecule has 0 bridgehead atoms. The fourth-order valence-corrected chi connectivity index (χ4v) is 3.94. The van der Waals surface area contributed by atoms with Crippen molar-refractivity contribution >= 4 is 18.0 Å². The van der Waals surface area contributed by atoms with Crippen LogP contribution in [0.1, 0.15) is 49.0 Å². The minimum Gasteiger partial charge on any atom is -0.450 e. The van der Waals surface area contributed by atoms with Crippen molar-refractivity contribution in [1.29, 1.82) is 0 Å². The predicted octanol–water partition coefficient (Wildman–Crippen LogP) is 2.55. The number of amides is 2. The number of guanidine groups is 1. The van der Waals surface area contributed by atoms with Crippen LogP contribution in [0.4, 0.5) is 4.79 Å². The highest BCUT2D eigenvalue weighted by Crippen LogP contribution is 2.14. The van der Waals surface area contributed by atoms with Gasteiger partial charge in [0, 0.05) is 51.4 Å². The molecule has 170 valence electrons. The van der Waals surface area contributed by atoms with Gasteiger partial charge in [-0.3, -0.25) is 4.79 Å². The lowest BCUT2D eigenvalue weighted by Crippen LogP contribution is -2.53. The molecule has 0 spiro atoms. The van der Waals surface area contributed by atoms with Crippen molar-refractivity contribution in [1.82, 2.24) is 20.0 Å². The summed E-state index contributed by atoms with van der Waals surface area (Å²) in [5.74, 6) is 0.974. The van der Waals surface area contributed by atoms with Crippen molar-refractivity contribution in [2.24, 2.45) is 4.99 Å². The van der Waals surface area contributed by atoms with Gasteiger partial charge in [0.1, 0.15) is 0 Å². The molecule has 0 aliphatic carbocycles. The normalized spacial score (nSPS) is 17.5. The second kappa shape index (κ2) is 11.6. The lowest BCUT2D eigenvalue weighted by molar-refractivity contribution is 0.0724. The molecule has 31 heavy (non-hydrogen) atoms. The van der Waals surface area contributed by atoms with Crippen LogP contribution in [0.2, 0.25) is 0 Å². The molecule has 1 aromatic rings. The summed E-state index contributed by atoms with van der Waals surface area (Å²) in [6.45, 7) is 9.98.